The van der Waals surface area contributed by atoms with Gasteiger partial charge >= 0.3 is 5.97 Å². The third kappa shape index (κ3) is 3.68. The van der Waals surface area contributed by atoms with Crippen LogP contribution in [0.1, 0.15) is 18.1 Å². The molecule has 2 aromatic carbocycles. The summed E-state index contributed by atoms with van der Waals surface area (Å²) in [6.45, 7) is 7.38. The molecule has 0 radical (unpaired) electrons. The monoisotopic (exact) mass is 337 g/mol. The van der Waals surface area contributed by atoms with E-state index in [9.17, 15) is 9.90 Å². The summed E-state index contributed by atoms with van der Waals surface area (Å²) in [5.74, 6) is -0.325. The number of hydrogen-bond donors (Lipinski definition) is 1. The highest BCUT2D eigenvalue weighted by molar-refractivity contribution is 5.86. The average Bonchev–Trinajstić information content (AvgIpc) is 2.98. The number of esters is 1. The Bertz CT molecular complexity index is 960. The Morgan fingerprint density at radius 1 is 1.20 bits per heavy atom. The third-order valence-corrected chi connectivity index (χ3v) is 3.76. The first-order chi connectivity index (χ1) is 11.9. The summed E-state index contributed by atoms with van der Waals surface area (Å²) >= 11 is 0. The lowest BCUT2D eigenvalue weighted by atomic mass is 10.1. The topological polar surface area (TPSA) is 77.2 Å². The van der Waals surface area contributed by atoms with Gasteiger partial charge in [-0.1, -0.05) is 18.7 Å². The largest absolute Gasteiger partial charge is 0.506 e. The van der Waals surface area contributed by atoms with E-state index in [-0.39, 0.29) is 12.4 Å². The minimum atomic E-state index is -0.408. The van der Waals surface area contributed by atoms with Crippen molar-refractivity contribution in [2.24, 2.45) is 0 Å². The zero-order valence-corrected chi connectivity index (χ0v) is 14.2. The van der Waals surface area contributed by atoms with Crippen LogP contribution < -0.4 is 0 Å². The highest BCUT2D eigenvalue weighted by atomic mass is 16.5. The highest BCUT2D eigenvalue weighted by Gasteiger charge is 2.11. The standard InChI is InChI=1S/C19H19N3O3/c1-12(2)19(24)25-9-8-14-5-7-18(23)17(11-14)22-20-15-6-4-13(3)10-16(15)21-22/h4-7,10-11,23H,1,8-9H2,2-3H3. The van der Waals surface area contributed by atoms with E-state index in [1.807, 2.05) is 25.1 Å². The normalized spacial score (nSPS) is 10.8. The molecule has 0 aliphatic heterocycles. The lowest BCUT2D eigenvalue weighted by Gasteiger charge is -2.08. The summed E-state index contributed by atoms with van der Waals surface area (Å²) in [6.07, 6.45) is 0.520. The number of hydrogen-bond acceptors (Lipinski definition) is 5. The van der Waals surface area contributed by atoms with Gasteiger partial charge in [0.2, 0.25) is 0 Å². The number of carbonyl (C=O) groups excluding carboxylic acids is 1. The summed E-state index contributed by atoms with van der Waals surface area (Å²) < 4.78 is 5.11. The Balaban J connectivity index is 1.83. The molecule has 0 bridgehead atoms. The van der Waals surface area contributed by atoms with Crippen LogP contribution in [-0.2, 0) is 16.0 Å². The molecule has 3 rings (SSSR count). The maximum atomic E-state index is 11.4. The van der Waals surface area contributed by atoms with Crippen molar-refractivity contribution in [1.29, 1.82) is 0 Å². The van der Waals surface area contributed by atoms with Gasteiger partial charge in [-0.25, -0.2) is 4.79 Å². The molecule has 0 saturated carbocycles. The first-order valence-corrected chi connectivity index (χ1v) is 7.92. The SMILES string of the molecule is C=C(C)C(=O)OCCc1ccc(O)c(-n2nc3ccc(C)cc3n2)c1. The van der Waals surface area contributed by atoms with Crippen molar-refractivity contribution in [3.05, 3.63) is 59.7 Å². The maximum absolute atomic E-state index is 11.4. The van der Waals surface area contributed by atoms with Crippen LogP contribution in [0.15, 0.2) is 48.6 Å². The first kappa shape index (κ1) is 16.7. The van der Waals surface area contributed by atoms with E-state index in [4.69, 9.17) is 4.74 Å². The Morgan fingerprint density at radius 3 is 2.72 bits per heavy atom. The van der Waals surface area contributed by atoms with Gasteiger partial charge in [0, 0.05) is 12.0 Å². The fraction of sp³-hybridized carbons (Fsp3) is 0.211. The third-order valence-electron chi connectivity index (χ3n) is 3.76. The van der Waals surface area contributed by atoms with Gasteiger partial charge in [-0.15, -0.1) is 15.0 Å². The van der Waals surface area contributed by atoms with Crippen molar-refractivity contribution >= 4 is 17.0 Å². The van der Waals surface area contributed by atoms with Gasteiger partial charge in [-0.2, -0.15) is 0 Å². The van der Waals surface area contributed by atoms with Crippen LogP contribution in [0.4, 0.5) is 0 Å². The molecule has 0 saturated heterocycles. The number of aryl methyl sites for hydroxylation is 1. The van der Waals surface area contributed by atoms with Gasteiger partial charge in [0.1, 0.15) is 22.5 Å². The van der Waals surface area contributed by atoms with E-state index in [1.165, 1.54) is 4.80 Å². The molecule has 1 heterocycles. The second-order valence-electron chi connectivity index (χ2n) is 5.97. The predicted molar refractivity (Wildman–Crippen MR) is 94.7 cm³/mol. The number of benzene rings is 2. The van der Waals surface area contributed by atoms with E-state index in [2.05, 4.69) is 16.8 Å². The molecule has 0 fully saturated rings. The highest BCUT2D eigenvalue weighted by Crippen LogP contribution is 2.23. The number of phenols is 1. The summed E-state index contributed by atoms with van der Waals surface area (Å²) in [4.78, 5) is 12.8. The second-order valence-corrected chi connectivity index (χ2v) is 5.97. The molecule has 6 heteroatoms. The van der Waals surface area contributed by atoms with Crippen molar-refractivity contribution in [2.75, 3.05) is 6.61 Å². The van der Waals surface area contributed by atoms with E-state index in [0.717, 1.165) is 22.2 Å². The molecular weight excluding hydrogens is 318 g/mol. The lowest BCUT2D eigenvalue weighted by molar-refractivity contribution is -0.138. The van der Waals surface area contributed by atoms with Crippen LogP contribution in [0.25, 0.3) is 16.7 Å². The summed E-state index contributed by atoms with van der Waals surface area (Å²) in [5, 5.41) is 19.0. The zero-order chi connectivity index (χ0) is 18.0. The Kier molecular flexibility index (Phi) is 4.52. The van der Waals surface area contributed by atoms with E-state index in [0.29, 0.717) is 17.7 Å². The van der Waals surface area contributed by atoms with Crippen LogP contribution in [-0.4, -0.2) is 32.7 Å². The number of aromatic hydroxyl groups is 1. The molecule has 0 aliphatic carbocycles. The molecule has 0 spiro atoms. The molecule has 1 aromatic heterocycles. The van der Waals surface area contributed by atoms with Crippen LogP contribution in [0.2, 0.25) is 0 Å². The number of fused-ring (bicyclic) bond motifs is 1. The van der Waals surface area contributed by atoms with Crippen LogP contribution in [0.3, 0.4) is 0 Å². The maximum Gasteiger partial charge on any atom is 0.333 e. The number of carbonyl (C=O) groups is 1. The van der Waals surface area contributed by atoms with Gasteiger partial charge in [0.05, 0.1) is 6.61 Å². The fourth-order valence-corrected chi connectivity index (χ4v) is 2.40. The fourth-order valence-electron chi connectivity index (χ4n) is 2.40. The zero-order valence-electron chi connectivity index (χ0n) is 14.2. The van der Waals surface area contributed by atoms with Crippen LogP contribution >= 0.6 is 0 Å². The van der Waals surface area contributed by atoms with Gasteiger partial charge in [-0.05, 0) is 49.2 Å². The molecule has 3 aromatic rings. The first-order valence-electron chi connectivity index (χ1n) is 7.92. The van der Waals surface area contributed by atoms with Crippen molar-refractivity contribution in [3.63, 3.8) is 0 Å². The van der Waals surface area contributed by atoms with E-state index < -0.39 is 5.97 Å². The van der Waals surface area contributed by atoms with E-state index >= 15 is 0 Å². The molecule has 0 atom stereocenters. The minimum Gasteiger partial charge on any atom is -0.506 e. The molecule has 1 N–H and O–H groups in total. The van der Waals surface area contributed by atoms with Crippen LogP contribution in [0, 0.1) is 6.92 Å². The summed E-state index contributed by atoms with van der Waals surface area (Å²) in [6, 6.07) is 11.0. The lowest BCUT2D eigenvalue weighted by Crippen LogP contribution is -2.08. The molecule has 25 heavy (non-hydrogen) atoms. The van der Waals surface area contributed by atoms with E-state index in [1.54, 1.807) is 25.1 Å². The number of phenolic OH excluding ortho intramolecular Hbond substituents is 1. The molecular formula is C19H19N3O3. The Morgan fingerprint density at radius 2 is 1.96 bits per heavy atom. The Labute approximate surface area is 145 Å². The van der Waals surface area contributed by atoms with Crippen molar-refractivity contribution in [3.8, 4) is 11.4 Å². The quantitative estimate of drug-likeness (QED) is 0.572. The number of ether oxygens (including phenoxy) is 1. The molecule has 0 unspecified atom stereocenters. The van der Waals surface area contributed by atoms with Crippen molar-refractivity contribution in [2.45, 2.75) is 20.3 Å². The van der Waals surface area contributed by atoms with Crippen molar-refractivity contribution in [1.82, 2.24) is 15.0 Å². The van der Waals surface area contributed by atoms with Gasteiger partial charge in [-0.3, -0.25) is 0 Å². The molecule has 0 amide bonds. The Hall–Kier alpha value is -3.15. The molecule has 0 aliphatic rings. The number of nitrogens with zero attached hydrogens (tertiary/aromatic N) is 3. The molecule has 6 nitrogen and oxygen atoms in total. The van der Waals surface area contributed by atoms with Gasteiger partial charge in [0.15, 0.2) is 0 Å². The summed E-state index contributed by atoms with van der Waals surface area (Å²) in [7, 11) is 0. The smallest absolute Gasteiger partial charge is 0.333 e. The van der Waals surface area contributed by atoms with Gasteiger partial charge < -0.3 is 9.84 Å². The van der Waals surface area contributed by atoms with Gasteiger partial charge in [0.25, 0.3) is 0 Å². The predicted octanol–water partition coefficient (Wildman–Crippen LogP) is 3.10. The second kappa shape index (κ2) is 6.76. The minimum absolute atomic E-state index is 0.0831. The molecule has 128 valence electrons. The number of aromatic nitrogens is 3. The number of rotatable bonds is 5. The van der Waals surface area contributed by atoms with Crippen LogP contribution in [0.5, 0.6) is 5.75 Å². The summed E-state index contributed by atoms with van der Waals surface area (Å²) in [5.41, 5.74) is 4.37. The van der Waals surface area contributed by atoms with Crippen molar-refractivity contribution < 1.29 is 14.6 Å². The average molecular weight is 337 g/mol.